The highest BCUT2D eigenvalue weighted by atomic mass is 19.1. The first-order chi connectivity index (χ1) is 12.4. The van der Waals surface area contributed by atoms with Gasteiger partial charge in [0.2, 0.25) is 0 Å². The number of hydrogen-bond donors (Lipinski definition) is 3. The molecule has 0 spiro atoms. The Bertz CT molecular complexity index is 856. The molecule has 0 saturated carbocycles. The molecule has 0 unspecified atom stereocenters. The topological polar surface area (TPSA) is 127 Å². The van der Waals surface area contributed by atoms with Gasteiger partial charge in [0.25, 0.3) is 5.91 Å². The molecule has 26 heavy (non-hydrogen) atoms. The number of pyridine rings is 1. The maximum absolute atomic E-state index is 14.1. The summed E-state index contributed by atoms with van der Waals surface area (Å²) in [5.41, 5.74) is 0.171. The molecule has 2 aromatic rings. The van der Waals surface area contributed by atoms with Crippen LogP contribution in [0, 0.1) is 6.92 Å². The number of aromatic nitrogens is 3. The third-order valence-electron chi connectivity index (χ3n) is 3.99. The number of aliphatic hydroxyl groups excluding tert-OH is 2. The molecule has 1 aliphatic heterocycles. The Hall–Kier alpha value is -2.69. The molecule has 4 atom stereocenters. The van der Waals surface area contributed by atoms with Crippen LogP contribution in [0.1, 0.15) is 22.3 Å². The van der Waals surface area contributed by atoms with Crippen molar-refractivity contribution < 1.29 is 24.1 Å². The van der Waals surface area contributed by atoms with Crippen LogP contribution in [-0.4, -0.2) is 55.6 Å². The van der Waals surface area contributed by atoms with Crippen molar-refractivity contribution in [3.63, 3.8) is 0 Å². The van der Waals surface area contributed by atoms with Gasteiger partial charge in [0, 0.05) is 18.1 Å². The molecule has 0 bridgehead atoms. The largest absolute Gasteiger partial charge is 0.394 e. The van der Waals surface area contributed by atoms with E-state index in [0.29, 0.717) is 5.56 Å². The lowest BCUT2D eigenvalue weighted by Gasteiger charge is -2.16. The number of aliphatic hydroxyl groups is 2. The fourth-order valence-corrected chi connectivity index (χ4v) is 2.55. The Balaban J connectivity index is 1.77. The van der Waals surface area contributed by atoms with Crippen molar-refractivity contribution in [3.05, 3.63) is 52.3 Å². The normalized spacial score (nSPS) is 25.2. The zero-order valence-electron chi connectivity index (χ0n) is 13.7. The maximum atomic E-state index is 14.1. The van der Waals surface area contributed by atoms with Gasteiger partial charge in [-0.25, -0.2) is 9.18 Å². The Morgan fingerprint density at radius 2 is 2.19 bits per heavy atom. The summed E-state index contributed by atoms with van der Waals surface area (Å²) in [7, 11) is 0. The number of anilines is 1. The second-order valence-electron chi connectivity index (χ2n) is 5.83. The van der Waals surface area contributed by atoms with Gasteiger partial charge in [-0.2, -0.15) is 4.98 Å². The van der Waals surface area contributed by atoms with Crippen molar-refractivity contribution in [3.8, 4) is 0 Å². The van der Waals surface area contributed by atoms with Crippen LogP contribution in [0.25, 0.3) is 0 Å². The molecule has 0 aromatic carbocycles. The summed E-state index contributed by atoms with van der Waals surface area (Å²) in [4.78, 5) is 31.9. The van der Waals surface area contributed by atoms with Gasteiger partial charge in [-0.3, -0.25) is 14.3 Å². The number of amides is 1. The number of alkyl halides is 1. The Labute approximate surface area is 147 Å². The Morgan fingerprint density at radius 3 is 2.77 bits per heavy atom. The minimum absolute atomic E-state index is 0.0236. The molecular weight excluding hydrogens is 347 g/mol. The number of nitrogens with one attached hydrogen (secondary N) is 1. The molecule has 1 saturated heterocycles. The van der Waals surface area contributed by atoms with Gasteiger partial charge in [0.05, 0.1) is 12.2 Å². The number of halogens is 1. The summed E-state index contributed by atoms with van der Waals surface area (Å²) < 4.78 is 20.1. The van der Waals surface area contributed by atoms with Crippen molar-refractivity contribution in [1.82, 2.24) is 14.5 Å². The smallest absolute Gasteiger partial charge is 0.351 e. The number of nitrogens with zero attached hydrogens (tertiary/aromatic N) is 3. The quantitative estimate of drug-likeness (QED) is 0.685. The van der Waals surface area contributed by atoms with E-state index < -0.39 is 42.8 Å². The first kappa shape index (κ1) is 18.1. The molecule has 138 valence electrons. The summed E-state index contributed by atoms with van der Waals surface area (Å²) in [6.45, 7) is 1.20. The lowest BCUT2D eigenvalue weighted by Crippen LogP contribution is -2.33. The molecule has 1 aliphatic rings. The summed E-state index contributed by atoms with van der Waals surface area (Å²) in [5.74, 6) is -0.525. The molecule has 3 N–H and O–H groups in total. The molecule has 9 nitrogen and oxygen atoms in total. The van der Waals surface area contributed by atoms with E-state index in [1.54, 1.807) is 19.1 Å². The van der Waals surface area contributed by atoms with Crippen LogP contribution in [0.2, 0.25) is 0 Å². The highest BCUT2D eigenvalue weighted by molar-refractivity contribution is 6.03. The minimum atomic E-state index is -1.90. The number of hydrogen-bond acceptors (Lipinski definition) is 7. The van der Waals surface area contributed by atoms with E-state index in [1.807, 2.05) is 0 Å². The fraction of sp³-hybridized carbons (Fsp3) is 0.375. The van der Waals surface area contributed by atoms with E-state index in [9.17, 15) is 19.1 Å². The summed E-state index contributed by atoms with van der Waals surface area (Å²) >= 11 is 0. The van der Waals surface area contributed by atoms with Crippen LogP contribution < -0.4 is 11.0 Å². The molecule has 10 heteroatoms. The SMILES string of the molecule is Cc1ccc(C(=O)Nc2ccn([C@H]3O[C@H](CO)[C@@H](O)[C@H]3F)c(=O)n2)cn1. The predicted molar refractivity (Wildman–Crippen MR) is 87.3 cm³/mol. The van der Waals surface area contributed by atoms with Crippen LogP contribution in [0.5, 0.6) is 0 Å². The van der Waals surface area contributed by atoms with E-state index in [2.05, 4.69) is 15.3 Å². The van der Waals surface area contributed by atoms with Gasteiger partial charge in [-0.05, 0) is 25.1 Å². The van der Waals surface area contributed by atoms with Crippen molar-refractivity contribution >= 4 is 11.7 Å². The lowest BCUT2D eigenvalue weighted by atomic mass is 10.1. The zero-order valence-corrected chi connectivity index (χ0v) is 13.7. The molecule has 3 rings (SSSR count). The van der Waals surface area contributed by atoms with E-state index >= 15 is 0 Å². The van der Waals surface area contributed by atoms with E-state index in [4.69, 9.17) is 9.84 Å². The first-order valence-electron chi connectivity index (χ1n) is 7.82. The Kier molecular flexibility index (Phi) is 5.07. The van der Waals surface area contributed by atoms with Crippen LogP contribution in [-0.2, 0) is 4.74 Å². The number of ether oxygens (including phenoxy) is 1. The number of aryl methyl sites for hydroxylation is 1. The number of rotatable bonds is 4. The lowest BCUT2D eigenvalue weighted by molar-refractivity contribution is -0.0490. The third-order valence-corrected chi connectivity index (χ3v) is 3.99. The zero-order chi connectivity index (χ0) is 18.8. The van der Waals surface area contributed by atoms with Gasteiger partial charge in [0.15, 0.2) is 12.4 Å². The van der Waals surface area contributed by atoms with Gasteiger partial charge in [-0.15, -0.1) is 0 Å². The van der Waals surface area contributed by atoms with E-state index in [1.165, 1.54) is 18.5 Å². The standard InChI is InChI=1S/C16H17FN4O5/c1-8-2-3-9(6-18-8)14(24)19-11-4-5-21(16(25)20-11)15-12(17)13(23)10(7-22)26-15/h2-6,10,12-13,15,22-23H,7H2,1H3,(H,19,20,24,25)/t10-,12-,13-,15+/m1/s1. The van der Waals surface area contributed by atoms with Crippen molar-refractivity contribution in [1.29, 1.82) is 0 Å². The van der Waals surface area contributed by atoms with Crippen LogP contribution >= 0.6 is 0 Å². The number of carbonyl (C=O) groups excluding carboxylic acids is 1. The molecule has 0 aliphatic carbocycles. The first-order valence-corrected chi connectivity index (χ1v) is 7.82. The van der Waals surface area contributed by atoms with Gasteiger partial charge in [0.1, 0.15) is 18.0 Å². The van der Waals surface area contributed by atoms with Gasteiger partial charge < -0.3 is 20.3 Å². The average molecular weight is 364 g/mol. The van der Waals surface area contributed by atoms with Gasteiger partial charge >= 0.3 is 5.69 Å². The molecule has 3 heterocycles. The van der Waals surface area contributed by atoms with Crippen LogP contribution in [0.15, 0.2) is 35.4 Å². The summed E-state index contributed by atoms with van der Waals surface area (Å²) in [5, 5.41) is 21.1. The van der Waals surface area contributed by atoms with Crippen molar-refractivity contribution in [2.24, 2.45) is 0 Å². The van der Waals surface area contributed by atoms with Crippen molar-refractivity contribution in [2.45, 2.75) is 31.5 Å². The molecule has 0 radical (unpaired) electrons. The third kappa shape index (κ3) is 3.47. The molecular formula is C16H17FN4O5. The highest BCUT2D eigenvalue weighted by Gasteiger charge is 2.45. The predicted octanol–water partition coefficient (Wildman–Crippen LogP) is -0.212. The highest BCUT2D eigenvalue weighted by Crippen LogP contribution is 2.30. The second kappa shape index (κ2) is 7.28. The number of carbonyl (C=O) groups is 1. The molecule has 1 fully saturated rings. The van der Waals surface area contributed by atoms with E-state index in [-0.39, 0.29) is 5.82 Å². The van der Waals surface area contributed by atoms with Crippen LogP contribution in [0.4, 0.5) is 10.2 Å². The summed E-state index contributed by atoms with van der Waals surface area (Å²) in [6, 6.07) is 4.55. The van der Waals surface area contributed by atoms with Crippen molar-refractivity contribution in [2.75, 3.05) is 11.9 Å². The molecule has 2 aromatic heterocycles. The second-order valence-corrected chi connectivity index (χ2v) is 5.83. The Morgan fingerprint density at radius 1 is 1.42 bits per heavy atom. The van der Waals surface area contributed by atoms with Crippen LogP contribution in [0.3, 0.4) is 0 Å². The maximum Gasteiger partial charge on any atom is 0.351 e. The molecule has 1 amide bonds. The summed E-state index contributed by atoms with van der Waals surface area (Å²) in [6.07, 6.45) is -3.40. The minimum Gasteiger partial charge on any atom is -0.394 e. The fourth-order valence-electron chi connectivity index (χ4n) is 2.55. The monoisotopic (exact) mass is 364 g/mol. The van der Waals surface area contributed by atoms with Gasteiger partial charge in [-0.1, -0.05) is 0 Å². The van der Waals surface area contributed by atoms with E-state index in [0.717, 1.165) is 10.3 Å². The average Bonchev–Trinajstić information content (AvgIpc) is 2.90.